The first kappa shape index (κ1) is 17.2. The molecule has 0 aromatic heterocycles. The molecule has 18 heavy (non-hydrogen) atoms. The highest BCUT2D eigenvalue weighted by Gasteiger charge is 2.07. The van der Waals surface area contributed by atoms with Crippen molar-refractivity contribution in [1.82, 2.24) is 0 Å². The largest absolute Gasteiger partial charge is 0.384 e. The van der Waals surface area contributed by atoms with Crippen molar-refractivity contribution < 1.29 is 4.74 Å². The molecule has 104 valence electrons. The molecule has 0 radical (unpaired) electrons. The molecule has 2 aliphatic rings. The van der Waals surface area contributed by atoms with E-state index in [9.17, 15) is 0 Å². The molecule has 0 spiro atoms. The summed E-state index contributed by atoms with van der Waals surface area (Å²) < 4.78 is 4.99. The smallest absolute Gasteiger partial charge is 0.0496 e. The minimum absolute atomic E-state index is 0.778. The fourth-order valence-electron chi connectivity index (χ4n) is 1.83. The summed E-state index contributed by atoms with van der Waals surface area (Å²) in [4.78, 5) is 0. The molecule has 1 unspecified atom stereocenters. The Morgan fingerprint density at radius 3 is 2.00 bits per heavy atom. The number of rotatable bonds is 2. The van der Waals surface area contributed by atoms with Gasteiger partial charge in [-0.3, -0.25) is 0 Å². The van der Waals surface area contributed by atoms with Crippen molar-refractivity contribution in [3.63, 3.8) is 0 Å². The maximum Gasteiger partial charge on any atom is 0.0496 e. The molecule has 0 saturated heterocycles. The Morgan fingerprint density at radius 2 is 1.72 bits per heavy atom. The Balaban J connectivity index is 0.000000257. The van der Waals surface area contributed by atoms with Crippen molar-refractivity contribution in [2.45, 2.75) is 46.5 Å². The zero-order valence-electron chi connectivity index (χ0n) is 12.6. The highest BCUT2D eigenvalue weighted by atomic mass is 16.5. The van der Waals surface area contributed by atoms with Crippen LogP contribution in [0.15, 0.2) is 36.5 Å². The van der Waals surface area contributed by atoms with E-state index >= 15 is 0 Å². The summed E-state index contributed by atoms with van der Waals surface area (Å²) in [5.74, 6) is 1.64. The van der Waals surface area contributed by atoms with Gasteiger partial charge < -0.3 is 4.74 Å². The minimum atomic E-state index is 0.778. The van der Waals surface area contributed by atoms with Crippen LogP contribution in [-0.4, -0.2) is 13.7 Å². The summed E-state index contributed by atoms with van der Waals surface area (Å²) in [7, 11) is 1.76. The van der Waals surface area contributed by atoms with E-state index in [0.717, 1.165) is 18.4 Å². The number of ether oxygens (including phenoxy) is 1. The van der Waals surface area contributed by atoms with Crippen LogP contribution in [0, 0.1) is 11.8 Å². The summed E-state index contributed by atoms with van der Waals surface area (Å²) >= 11 is 0. The Morgan fingerprint density at radius 1 is 1.11 bits per heavy atom. The van der Waals surface area contributed by atoms with Crippen molar-refractivity contribution in [1.29, 1.82) is 0 Å². The third kappa shape index (κ3) is 10.3. The van der Waals surface area contributed by atoms with Gasteiger partial charge in [-0.05, 0) is 51.4 Å². The van der Waals surface area contributed by atoms with Crippen molar-refractivity contribution in [3.05, 3.63) is 36.5 Å². The van der Waals surface area contributed by atoms with Crippen LogP contribution in [0.2, 0.25) is 0 Å². The topological polar surface area (TPSA) is 9.23 Å². The third-order valence-electron chi connectivity index (χ3n) is 3.09. The normalized spacial score (nSPS) is 21.7. The molecule has 1 heteroatoms. The fourth-order valence-corrected chi connectivity index (χ4v) is 1.83. The second-order valence-corrected chi connectivity index (χ2v) is 4.91. The average Bonchev–Trinajstić information content (AvgIpc) is 3.04. The predicted molar refractivity (Wildman–Crippen MR) is 81.8 cm³/mol. The average molecular weight is 250 g/mol. The molecule has 0 saturated carbocycles. The summed E-state index contributed by atoms with van der Waals surface area (Å²) in [6, 6.07) is 0. The molecule has 0 fully saturated rings. The van der Waals surface area contributed by atoms with Gasteiger partial charge in [-0.25, -0.2) is 0 Å². The van der Waals surface area contributed by atoms with E-state index in [2.05, 4.69) is 31.2 Å². The molecule has 2 aliphatic carbocycles. The van der Waals surface area contributed by atoms with E-state index in [1.807, 2.05) is 26.0 Å². The standard InChI is InChI=1S/C7H12O.C6H10.C4H8/c1-8-6-7-4-2-3-5-7;1-6-4-2-3-5-6;1-3-4-2/h2-3,7H,4-6H2,1H3;2,4,6H,3,5H2,1H3;3-4H,1-2H3/b;;4-3-. The van der Waals surface area contributed by atoms with Crippen LogP contribution >= 0.6 is 0 Å². The van der Waals surface area contributed by atoms with E-state index in [-0.39, 0.29) is 0 Å². The lowest BCUT2D eigenvalue weighted by molar-refractivity contribution is 0.157. The van der Waals surface area contributed by atoms with Crippen LogP contribution < -0.4 is 0 Å². The van der Waals surface area contributed by atoms with Gasteiger partial charge >= 0.3 is 0 Å². The van der Waals surface area contributed by atoms with Crippen LogP contribution in [0.25, 0.3) is 0 Å². The maximum absolute atomic E-state index is 4.99. The lowest BCUT2D eigenvalue weighted by Gasteiger charge is -2.04. The number of allylic oxidation sites excluding steroid dienone is 6. The van der Waals surface area contributed by atoms with E-state index in [1.165, 1.54) is 25.7 Å². The monoisotopic (exact) mass is 250 g/mol. The number of hydrogen-bond acceptors (Lipinski definition) is 1. The Bertz CT molecular complexity index is 238. The summed E-state index contributed by atoms with van der Waals surface area (Å²) in [5, 5.41) is 0. The summed E-state index contributed by atoms with van der Waals surface area (Å²) in [5.41, 5.74) is 0. The van der Waals surface area contributed by atoms with Crippen molar-refractivity contribution in [2.24, 2.45) is 11.8 Å². The molecule has 0 N–H and O–H groups in total. The molecular formula is C17H30O. The molecule has 0 amide bonds. The van der Waals surface area contributed by atoms with Gasteiger partial charge in [0, 0.05) is 13.7 Å². The van der Waals surface area contributed by atoms with Gasteiger partial charge in [0.15, 0.2) is 0 Å². The lowest BCUT2D eigenvalue weighted by Crippen LogP contribution is -2.01. The van der Waals surface area contributed by atoms with Crippen LogP contribution in [0.5, 0.6) is 0 Å². The van der Waals surface area contributed by atoms with Gasteiger partial charge in [-0.1, -0.05) is 43.4 Å². The van der Waals surface area contributed by atoms with Crippen LogP contribution in [0.1, 0.15) is 46.5 Å². The maximum atomic E-state index is 4.99. The van der Waals surface area contributed by atoms with Gasteiger partial charge in [0.25, 0.3) is 0 Å². The van der Waals surface area contributed by atoms with E-state index < -0.39 is 0 Å². The molecule has 0 aliphatic heterocycles. The van der Waals surface area contributed by atoms with Gasteiger partial charge in [0.05, 0.1) is 0 Å². The lowest BCUT2D eigenvalue weighted by atomic mass is 10.1. The predicted octanol–water partition coefficient (Wildman–Crippen LogP) is 5.15. The van der Waals surface area contributed by atoms with Crippen LogP contribution in [0.4, 0.5) is 0 Å². The van der Waals surface area contributed by atoms with Crippen molar-refractivity contribution in [2.75, 3.05) is 13.7 Å². The van der Waals surface area contributed by atoms with Crippen LogP contribution in [-0.2, 0) is 4.74 Å². The zero-order chi connectivity index (χ0) is 13.6. The molecule has 0 aromatic rings. The highest BCUT2D eigenvalue weighted by molar-refractivity contribution is 4.94. The molecule has 2 rings (SSSR count). The van der Waals surface area contributed by atoms with Gasteiger partial charge in [0.2, 0.25) is 0 Å². The summed E-state index contributed by atoms with van der Waals surface area (Å²) in [6.45, 7) is 7.18. The zero-order valence-corrected chi connectivity index (χ0v) is 12.6. The van der Waals surface area contributed by atoms with E-state index in [1.54, 1.807) is 7.11 Å². The van der Waals surface area contributed by atoms with Crippen molar-refractivity contribution in [3.8, 4) is 0 Å². The van der Waals surface area contributed by atoms with Gasteiger partial charge in [-0.15, -0.1) is 0 Å². The first-order chi connectivity index (χ1) is 8.74. The summed E-state index contributed by atoms with van der Waals surface area (Å²) in [6.07, 6.45) is 18.1. The first-order valence-corrected chi connectivity index (χ1v) is 7.12. The quantitative estimate of drug-likeness (QED) is 0.615. The minimum Gasteiger partial charge on any atom is -0.384 e. The SMILES string of the molecule is C/C=C\C.CC1C=CCC1.COCC1CC=CC1. The second-order valence-electron chi connectivity index (χ2n) is 4.91. The molecule has 1 atom stereocenters. The Kier molecular flexibility index (Phi) is 12.1. The van der Waals surface area contributed by atoms with Crippen LogP contribution in [0.3, 0.4) is 0 Å². The molecule has 1 nitrogen and oxygen atoms in total. The van der Waals surface area contributed by atoms with Crippen molar-refractivity contribution >= 4 is 0 Å². The van der Waals surface area contributed by atoms with E-state index in [0.29, 0.717) is 0 Å². The Hall–Kier alpha value is -0.820. The molecule has 0 aromatic carbocycles. The molecule has 0 bridgehead atoms. The second kappa shape index (κ2) is 12.6. The first-order valence-electron chi connectivity index (χ1n) is 7.12. The fraction of sp³-hybridized carbons (Fsp3) is 0.647. The molecule has 0 heterocycles. The van der Waals surface area contributed by atoms with E-state index in [4.69, 9.17) is 4.74 Å². The number of hydrogen-bond donors (Lipinski definition) is 0. The van der Waals surface area contributed by atoms with Gasteiger partial charge in [0.1, 0.15) is 0 Å². The Labute approximate surface area is 114 Å². The van der Waals surface area contributed by atoms with Gasteiger partial charge in [-0.2, -0.15) is 0 Å². The number of methoxy groups -OCH3 is 1. The third-order valence-corrected chi connectivity index (χ3v) is 3.09. The molecular weight excluding hydrogens is 220 g/mol. The highest BCUT2D eigenvalue weighted by Crippen LogP contribution is 2.16.